The van der Waals surface area contributed by atoms with Gasteiger partial charge >= 0.3 is 30.3 Å². The number of carbonyl (C=O) groups is 1. The minimum absolute atomic E-state index is 0.270. The molecule has 0 amide bonds. The second kappa shape index (κ2) is 6.63. The summed E-state index contributed by atoms with van der Waals surface area (Å²) < 4.78 is 154. The zero-order valence-electron chi connectivity index (χ0n) is 12.0. The quantitative estimate of drug-likeness (QED) is 0.420. The van der Waals surface area contributed by atoms with Crippen molar-refractivity contribution in [3.05, 3.63) is 28.8 Å². The summed E-state index contributed by atoms with van der Waals surface area (Å²) in [5.41, 5.74) is -1.90. The number of hydrogen-bond acceptors (Lipinski definition) is 2. The molecule has 154 valence electrons. The Bertz CT molecular complexity index is 722. The van der Waals surface area contributed by atoms with E-state index >= 15 is 0 Å². The highest BCUT2D eigenvalue weighted by Crippen LogP contribution is 2.54. The number of rotatable bonds is 5. The molecule has 0 aliphatic carbocycles. The van der Waals surface area contributed by atoms with E-state index in [-0.39, 0.29) is 12.1 Å². The van der Waals surface area contributed by atoms with Gasteiger partial charge in [0.15, 0.2) is 0 Å². The van der Waals surface area contributed by atoms with Crippen molar-refractivity contribution in [1.29, 1.82) is 0 Å². The zero-order chi connectivity index (χ0) is 21.6. The molecule has 0 N–H and O–H groups in total. The molecule has 0 bridgehead atoms. The van der Waals surface area contributed by atoms with Gasteiger partial charge in [0.05, 0.1) is 5.02 Å². The monoisotopic (exact) mass is 442 g/mol. The maximum absolute atomic E-state index is 13.6. The van der Waals surface area contributed by atoms with Crippen LogP contribution < -0.4 is 4.74 Å². The van der Waals surface area contributed by atoms with Gasteiger partial charge in [0.25, 0.3) is 0 Å². The average molecular weight is 443 g/mol. The Hall–Kier alpha value is -1.86. The molecule has 27 heavy (non-hydrogen) atoms. The molecule has 0 saturated heterocycles. The van der Waals surface area contributed by atoms with Crippen LogP contribution in [0.15, 0.2) is 18.2 Å². The van der Waals surface area contributed by atoms with Crippen LogP contribution in [0, 0.1) is 0 Å². The third-order valence-corrected chi connectivity index (χ3v) is 3.18. The summed E-state index contributed by atoms with van der Waals surface area (Å²) in [6.45, 7) is 0. The Morgan fingerprint density at radius 3 is 1.70 bits per heavy atom. The van der Waals surface area contributed by atoms with E-state index in [1.54, 1.807) is 0 Å². The summed E-state index contributed by atoms with van der Waals surface area (Å²) >= 11 is 5.18. The van der Waals surface area contributed by atoms with Crippen molar-refractivity contribution >= 4 is 17.4 Å². The molecule has 1 rings (SSSR count). The van der Waals surface area contributed by atoms with Crippen LogP contribution >= 0.6 is 11.6 Å². The molecule has 0 unspecified atom stereocenters. The van der Waals surface area contributed by atoms with Gasteiger partial charge in [-0.1, -0.05) is 11.6 Å². The minimum Gasteiger partial charge on any atom is -0.406 e. The minimum atomic E-state index is -7.36. The van der Waals surface area contributed by atoms with Crippen LogP contribution in [0.2, 0.25) is 5.02 Å². The fraction of sp³-hybridized carbons (Fsp3) is 0.417. The van der Waals surface area contributed by atoms with Gasteiger partial charge in [-0.2, -0.15) is 39.5 Å². The Morgan fingerprint density at radius 2 is 1.30 bits per heavy atom. The maximum Gasteiger partial charge on any atom is 0.573 e. The fourth-order valence-electron chi connectivity index (χ4n) is 1.56. The van der Waals surface area contributed by atoms with E-state index in [1.807, 2.05) is 0 Å². The summed E-state index contributed by atoms with van der Waals surface area (Å²) in [5.74, 6) is -26.2. The summed E-state index contributed by atoms with van der Waals surface area (Å²) in [4.78, 5) is 11.5. The van der Waals surface area contributed by atoms with E-state index in [9.17, 15) is 57.5 Å². The third kappa shape index (κ3) is 4.19. The molecule has 0 aliphatic rings. The number of halogens is 13. The normalized spacial score (nSPS) is 14.3. The SMILES string of the molecule is O=C(c1cc(OC(F)(F)F)ccc1Cl)C(F)(F)C(F)(F)C(F)(F)C(F)(F)F. The largest absolute Gasteiger partial charge is 0.573 e. The van der Waals surface area contributed by atoms with Gasteiger partial charge < -0.3 is 4.74 Å². The van der Waals surface area contributed by atoms with Crippen LogP contribution in [0.25, 0.3) is 0 Å². The number of alkyl halides is 12. The highest BCUT2D eigenvalue weighted by Gasteiger charge is 2.83. The molecule has 0 aliphatic heterocycles. The van der Waals surface area contributed by atoms with Gasteiger partial charge in [-0.25, -0.2) is 0 Å². The van der Waals surface area contributed by atoms with Crippen molar-refractivity contribution in [1.82, 2.24) is 0 Å². The van der Waals surface area contributed by atoms with E-state index in [0.717, 1.165) is 0 Å². The first-order chi connectivity index (χ1) is 11.8. The Labute approximate surface area is 145 Å². The molecule has 1 aromatic carbocycles. The second-order valence-electron chi connectivity index (χ2n) is 4.74. The molecule has 0 heterocycles. The van der Waals surface area contributed by atoms with Crippen molar-refractivity contribution in [2.75, 3.05) is 0 Å². The van der Waals surface area contributed by atoms with Crippen molar-refractivity contribution < 1.29 is 62.2 Å². The molecule has 0 spiro atoms. The predicted molar refractivity (Wildman–Crippen MR) is 63.4 cm³/mol. The van der Waals surface area contributed by atoms with E-state index in [1.165, 1.54) is 0 Å². The molecule has 2 nitrogen and oxygen atoms in total. The Morgan fingerprint density at radius 1 is 0.815 bits per heavy atom. The van der Waals surface area contributed by atoms with E-state index in [4.69, 9.17) is 11.6 Å². The fourth-order valence-corrected chi connectivity index (χ4v) is 1.77. The van der Waals surface area contributed by atoms with Crippen LogP contribution in [0.4, 0.5) is 52.7 Å². The number of benzene rings is 1. The van der Waals surface area contributed by atoms with E-state index in [2.05, 4.69) is 4.74 Å². The number of Topliss-reactive ketones (excluding diaryl/α,β-unsaturated/α-hetero) is 1. The van der Waals surface area contributed by atoms with Crippen molar-refractivity contribution in [2.45, 2.75) is 30.3 Å². The van der Waals surface area contributed by atoms with Crippen LogP contribution in [-0.2, 0) is 0 Å². The number of ether oxygens (including phenoxy) is 1. The number of hydrogen-bond donors (Lipinski definition) is 0. The van der Waals surface area contributed by atoms with Crippen LogP contribution in [0.3, 0.4) is 0 Å². The first-order valence-corrected chi connectivity index (χ1v) is 6.44. The average Bonchev–Trinajstić information content (AvgIpc) is 2.45. The summed E-state index contributed by atoms with van der Waals surface area (Å²) in [6.07, 6.45) is -12.6. The standard InChI is InChI=1S/C12H3ClF12O2/c13-6-2-1-4(27-12(23,24)25)3-5(6)7(26)8(14,15)9(16,17)10(18,19)11(20,21)22/h1-3H. The molecule has 0 aromatic heterocycles. The van der Waals surface area contributed by atoms with Gasteiger partial charge in [-0.05, 0) is 18.2 Å². The van der Waals surface area contributed by atoms with Crippen LogP contribution in [0.5, 0.6) is 5.75 Å². The van der Waals surface area contributed by atoms with Gasteiger partial charge in [0, 0.05) is 5.56 Å². The molecule has 0 saturated carbocycles. The smallest absolute Gasteiger partial charge is 0.406 e. The highest BCUT2D eigenvalue weighted by molar-refractivity contribution is 6.34. The van der Waals surface area contributed by atoms with Crippen molar-refractivity contribution in [2.24, 2.45) is 0 Å². The molecular weight excluding hydrogens is 440 g/mol. The second-order valence-corrected chi connectivity index (χ2v) is 5.15. The highest BCUT2D eigenvalue weighted by atomic mass is 35.5. The molecule has 0 radical (unpaired) electrons. The topological polar surface area (TPSA) is 26.3 Å². The van der Waals surface area contributed by atoms with Gasteiger partial charge in [0.1, 0.15) is 5.75 Å². The molecule has 15 heteroatoms. The van der Waals surface area contributed by atoms with E-state index in [0.29, 0.717) is 6.07 Å². The molecular formula is C12H3ClF12O2. The number of ketones is 1. The summed E-state index contributed by atoms with van der Waals surface area (Å²) in [7, 11) is 0. The maximum atomic E-state index is 13.6. The Kier molecular flexibility index (Phi) is 5.70. The van der Waals surface area contributed by atoms with Gasteiger partial charge in [-0.3, -0.25) is 4.79 Å². The lowest BCUT2D eigenvalue weighted by Gasteiger charge is -2.32. The van der Waals surface area contributed by atoms with Crippen molar-refractivity contribution in [3.63, 3.8) is 0 Å². The van der Waals surface area contributed by atoms with Gasteiger partial charge in [-0.15, -0.1) is 13.2 Å². The molecule has 1 aromatic rings. The lowest BCUT2D eigenvalue weighted by atomic mass is 9.95. The van der Waals surface area contributed by atoms with Crippen molar-refractivity contribution in [3.8, 4) is 5.75 Å². The zero-order valence-corrected chi connectivity index (χ0v) is 12.7. The summed E-state index contributed by atoms with van der Waals surface area (Å²) in [6, 6.07) is 0.340. The molecule has 0 fully saturated rings. The summed E-state index contributed by atoms with van der Waals surface area (Å²) in [5, 5.41) is -1.24. The molecule has 0 atom stereocenters. The number of carbonyl (C=O) groups excluding carboxylic acids is 1. The first kappa shape index (κ1) is 23.2. The lowest BCUT2D eigenvalue weighted by molar-refractivity contribution is -0.386. The lowest BCUT2D eigenvalue weighted by Crippen LogP contribution is -2.63. The third-order valence-electron chi connectivity index (χ3n) is 2.85. The van der Waals surface area contributed by atoms with Crippen LogP contribution in [0.1, 0.15) is 10.4 Å². The Balaban J connectivity index is 3.45. The first-order valence-electron chi connectivity index (χ1n) is 6.06. The van der Waals surface area contributed by atoms with Gasteiger partial charge in [0.2, 0.25) is 5.78 Å². The van der Waals surface area contributed by atoms with E-state index < -0.39 is 52.4 Å². The predicted octanol–water partition coefficient (Wildman–Crippen LogP) is 5.89. The van der Waals surface area contributed by atoms with Crippen LogP contribution in [-0.4, -0.2) is 36.1 Å².